The molecule has 3 amide bonds. The Morgan fingerprint density at radius 3 is 2.26 bits per heavy atom. The van der Waals surface area contributed by atoms with Gasteiger partial charge in [0.2, 0.25) is 6.10 Å². The zero-order chi connectivity index (χ0) is 23.9. The topological polar surface area (TPSA) is 114 Å². The number of carbonyl (C=O) groups is 3. The summed E-state index contributed by atoms with van der Waals surface area (Å²) in [6, 6.07) is 19.4. The molecule has 9 nitrogen and oxygen atoms in total. The highest BCUT2D eigenvalue weighted by Crippen LogP contribution is 2.25. The van der Waals surface area contributed by atoms with E-state index in [1.807, 2.05) is 36.4 Å². The first kappa shape index (κ1) is 23.0. The number of hydrogen-bond donors (Lipinski definition) is 2. The van der Waals surface area contributed by atoms with Crippen LogP contribution in [0.5, 0.6) is 0 Å². The van der Waals surface area contributed by atoms with Crippen molar-refractivity contribution in [3.8, 4) is 0 Å². The number of amides is 3. The Morgan fingerprint density at radius 1 is 1.00 bits per heavy atom. The maximum Gasteiger partial charge on any atom is 0.321 e. The maximum atomic E-state index is 13.0. The minimum Gasteiger partial charge on any atom is -0.447 e. The van der Waals surface area contributed by atoms with E-state index < -0.39 is 23.9 Å². The molecule has 3 aromatic rings. The number of carbonyl (C=O) groups excluding carboxylic acids is 3. The molecule has 1 aliphatic rings. The normalized spacial score (nSPS) is 14.8. The summed E-state index contributed by atoms with van der Waals surface area (Å²) >= 11 is 0. The fourth-order valence-electron chi connectivity index (χ4n) is 3.77. The number of esters is 1. The average Bonchev–Trinajstić information content (AvgIpc) is 3.27. The number of anilines is 2. The number of urea groups is 1. The average molecular weight is 463 g/mol. The van der Waals surface area contributed by atoms with Gasteiger partial charge in [-0.05, 0) is 31.9 Å². The summed E-state index contributed by atoms with van der Waals surface area (Å²) in [5, 5.41) is 9.25. The van der Waals surface area contributed by atoms with Crippen LogP contribution < -0.4 is 10.6 Å². The minimum atomic E-state index is -1.13. The summed E-state index contributed by atoms with van der Waals surface area (Å²) in [6.45, 7) is 2.54. The third-order valence-electron chi connectivity index (χ3n) is 5.59. The number of likely N-dealkylation sites (tertiary alicyclic amines) is 1. The highest BCUT2D eigenvalue weighted by molar-refractivity contribution is 5.95. The largest absolute Gasteiger partial charge is 0.447 e. The van der Waals surface area contributed by atoms with Crippen LogP contribution in [0.4, 0.5) is 16.3 Å². The summed E-state index contributed by atoms with van der Waals surface area (Å²) in [5.41, 5.74) is 1.27. The molecule has 0 saturated carbocycles. The summed E-state index contributed by atoms with van der Waals surface area (Å²) in [7, 11) is 0. The molecule has 0 aliphatic carbocycles. The van der Waals surface area contributed by atoms with Gasteiger partial charge in [-0.1, -0.05) is 53.7 Å². The van der Waals surface area contributed by atoms with Gasteiger partial charge >= 0.3 is 12.0 Å². The van der Waals surface area contributed by atoms with Gasteiger partial charge in [0.05, 0.1) is 5.92 Å². The Balaban J connectivity index is 1.36. The number of aromatic nitrogens is 1. The van der Waals surface area contributed by atoms with Gasteiger partial charge in [-0.3, -0.25) is 9.59 Å². The van der Waals surface area contributed by atoms with E-state index >= 15 is 0 Å². The second-order valence-corrected chi connectivity index (χ2v) is 8.10. The summed E-state index contributed by atoms with van der Waals surface area (Å²) in [6.07, 6.45) is -0.232. The Labute approximate surface area is 197 Å². The van der Waals surface area contributed by atoms with Gasteiger partial charge in [0, 0.05) is 30.4 Å². The van der Waals surface area contributed by atoms with Crippen LogP contribution in [0.2, 0.25) is 0 Å². The molecule has 2 aromatic carbocycles. The van der Waals surface area contributed by atoms with Gasteiger partial charge in [0.15, 0.2) is 5.82 Å². The molecule has 1 aliphatic heterocycles. The molecule has 2 N–H and O–H groups in total. The van der Waals surface area contributed by atoms with Crippen molar-refractivity contribution in [1.29, 1.82) is 0 Å². The van der Waals surface area contributed by atoms with E-state index in [9.17, 15) is 14.4 Å². The fourth-order valence-corrected chi connectivity index (χ4v) is 3.77. The van der Waals surface area contributed by atoms with Crippen LogP contribution in [0.3, 0.4) is 0 Å². The molecule has 0 spiro atoms. The van der Waals surface area contributed by atoms with E-state index in [4.69, 9.17) is 9.26 Å². The third kappa shape index (κ3) is 5.80. The van der Waals surface area contributed by atoms with Crippen molar-refractivity contribution in [1.82, 2.24) is 10.1 Å². The predicted octanol–water partition coefficient (Wildman–Crippen LogP) is 4.15. The number of nitrogens with zero attached hydrogens (tertiary/aromatic N) is 2. The van der Waals surface area contributed by atoms with E-state index in [-0.39, 0.29) is 11.8 Å². The van der Waals surface area contributed by atoms with Crippen LogP contribution in [-0.2, 0) is 14.3 Å². The number of hydrogen-bond acceptors (Lipinski definition) is 6. The monoisotopic (exact) mass is 462 g/mol. The molecule has 1 fully saturated rings. The summed E-state index contributed by atoms with van der Waals surface area (Å²) in [5.74, 6) is -0.603. The van der Waals surface area contributed by atoms with Gasteiger partial charge in [0.25, 0.3) is 5.91 Å². The summed E-state index contributed by atoms with van der Waals surface area (Å²) in [4.78, 5) is 40.1. The van der Waals surface area contributed by atoms with Crippen molar-refractivity contribution >= 4 is 29.4 Å². The lowest BCUT2D eigenvalue weighted by Gasteiger charge is -2.31. The van der Waals surface area contributed by atoms with Crippen molar-refractivity contribution < 1.29 is 23.6 Å². The molecule has 34 heavy (non-hydrogen) atoms. The van der Waals surface area contributed by atoms with E-state index in [0.29, 0.717) is 42.9 Å². The quantitative estimate of drug-likeness (QED) is 0.532. The number of aryl methyl sites for hydroxylation is 1. The first-order valence-corrected chi connectivity index (χ1v) is 11.1. The zero-order valence-corrected chi connectivity index (χ0v) is 18.8. The molecule has 1 unspecified atom stereocenters. The Kier molecular flexibility index (Phi) is 7.22. The van der Waals surface area contributed by atoms with E-state index in [1.165, 1.54) is 0 Å². The predicted molar refractivity (Wildman–Crippen MR) is 125 cm³/mol. The molecule has 1 saturated heterocycles. The van der Waals surface area contributed by atoms with Gasteiger partial charge < -0.3 is 24.8 Å². The van der Waals surface area contributed by atoms with E-state index in [0.717, 1.165) is 0 Å². The lowest BCUT2D eigenvalue weighted by Crippen LogP contribution is -2.43. The molecule has 176 valence electrons. The van der Waals surface area contributed by atoms with Crippen molar-refractivity contribution in [2.75, 3.05) is 23.7 Å². The van der Waals surface area contributed by atoms with E-state index in [1.54, 1.807) is 42.2 Å². The lowest BCUT2D eigenvalue weighted by molar-refractivity contribution is -0.160. The van der Waals surface area contributed by atoms with Crippen LogP contribution in [0.25, 0.3) is 0 Å². The number of piperidine rings is 1. The number of benzene rings is 2. The molecular formula is C25H26N4O5. The Hall–Kier alpha value is -4.14. The molecule has 9 heteroatoms. The summed E-state index contributed by atoms with van der Waals surface area (Å²) < 4.78 is 10.7. The SMILES string of the molecule is Cc1cc(NC(=O)C(OC(=O)C2CCN(C(=O)Nc3ccccc3)CC2)c2ccccc2)no1. The molecule has 0 bridgehead atoms. The number of para-hydroxylation sites is 1. The fraction of sp³-hybridized carbons (Fsp3) is 0.280. The first-order valence-electron chi connectivity index (χ1n) is 11.1. The smallest absolute Gasteiger partial charge is 0.321 e. The standard InChI is InChI=1S/C25H26N4O5/c1-17-16-21(28-34-17)27-23(30)22(18-8-4-2-5-9-18)33-24(31)19-12-14-29(15-13-19)25(32)26-20-10-6-3-7-11-20/h2-11,16,19,22H,12-15H2,1H3,(H,26,32)(H,27,28,30). The highest BCUT2D eigenvalue weighted by atomic mass is 16.5. The Bertz CT molecular complexity index is 1120. The van der Waals surface area contributed by atoms with Crippen LogP contribution >= 0.6 is 0 Å². The number of rotatable bonds is 6. The molecule has 1 aromatic heterocycles. The van der Waals surface area contributed by atoms with Crippen LogP contribution in [0, 0.1) is 12.8 Å². The van der Waals surface area contributed by atoms with Gasteiger partial charge in [-0.15, -0.1) is 0 Å². The van der Waals surface area contributed by atoms with Crippen molar-refractivity contribution in [2.45, 2.75) is 25.9 Å². The maximum absolute atomic E-state index is 13.0. The van der Waals surface area contributed by atoms with Crippen molar-refractivity contribution in [3.05, 3.63) is 78.1 Å². The van der Waals surface area contributed by atoms with Gasteiger partial charge in [-0.25, -0.2) is 4.79 Å². The number of nitrogens with one attached hydrogen (secondary N) is 2. The first-order chi connectivity index (χ1) is 16.5. The van der Waals surface area contributed by atoms with E-state index in [2.05, 4.69) is 15.8 Å². The van der Waals surface area contributed by atoms with Gasteiger partial charge in [0.1, 0.15) is 5.76 Å². The minimum absolute atomic E-state index is 0.206. The van der Waals surface area contributed by atoms with Crippen molar-refractivity contribution in [3.63, 3.8) is 0 Å². The molecule has 1 atom stereocenters. The zero-order valence-electron chi connectivity index (χ0n) is 18.8. The van der Waals surface area contributed by atoms with Gasteiger partial charge in [-0.2, -0.15) is 0 Å². The van der Waals surface area contributed by atoms with Crippen LogP contribution in [-0.4, -0.2) is 41.1 Å². The third-order valence-corrected chi connectivity index (χ3v) is 5.59. The molecular weight excluding hydrogens is 436 g/mol. The molecule has 4 rings (SSSR count). The number of ether oxygens (including phenoxy) is 1. The second-order valence-electron chi connectivity index (χ2n) is 8.10. The molecule has 2 heterocycles. The van der Waals surface area contributed by atoms with Crippen molar-refractivity contribution in [2.24, 2.45) is 5.92 Å². The lowest BCUT2D eigenvalue weighted by atomic mass is 9.97. The van der Waals surface area contributed by atoms with Crippen LogP contribution in [0.15, 0.2) is 71.3 Å². The molecule has 0 radical (unpaired) electrons. The second kappa shape index (κ2) is 10.7. The Morgan fingerprint density at radius 2 is 1.65 bits per heavy atom. The highest BCUT2D eigenvalue weighted by Gasteiger charge is 2.33. The van der Waals surface area contributed by atoms with Crippen LogP contribution in [0.1, 0.15) is 30.3 Å².